The van der Waals surface area contributed by atoms with Gasteiger partial charge >= 0.3 is 0 Å². The molecule has 2 aromatic rings. The average Bonchev–Trinajstić information content (AvgIpc) is 2.47. The fraction of sp³-hybridized carbons (Fsp3) is 0.286. The van der Waals surface area contributed by atoms with E-state index < -0.39 is 0 Å². The summed E-state index contributed by atoms with van der Waals surface area (Å²) in [4.78, 5) is 8.01. The number of hydrogen-bond donors (Lipinski definition) is 2. The van der Waals surface area contributed by atoms with Gasteiger partial charge in [0.1, 0.15) is 12.1 Å². The average molecular weight is 259 g/mol. The highest BCUT2D eigenvalue weighted by atomic mass is 16.5. The fourth-order valence-corrected chi connectivity index (χ4v) is 1.72. The van der Waals surface area contributed by atoms with E-state index in [1.807, 2.05) is 31.2 Å². The maximum atomic E-state index is 9.33. The summed E-state index contributed by atoms with van der Waals surface area (Å²) in [6.07, 6.45) is 3.23. The van der Waals surface area contributed by atoms with Crippen LogP contribution in [0.1, 0.15) is 18.2 Å². The molecule has 0 amide bonds. The Morgan fingerprint density at radius 3 is 2.89 bits per heavy atom. The van der Waals surface area contributed by atoms with Crippen molar-refractivity contribution in [3.8, 4) is 5.75 Å². The van der Waals surface area contributed by atoms with Crippen LogP contribution >= 0.6 is 0 Å². The summed E-state index contributed by atoms with van der Waals surface area (Å²) in [7, 11) is 0. The molecule has 0 unspecified atom stereocenters. The van der Waals surface area contributed by atoms with Crippen LogP contribution in [0.4, 0.5) is 5.69 Å². The second-order valence-electron chi connectivity index (χ2n) is 3.97. The molecular formula is C14H17N3O2. The number of aliphatic hydroxyl groups is 1. The maximum Gasteiger partial charge on any atom is 0.124 e. The Bertz CT molecular complexity index is 517. The zero-order valence-electron chi connectivity index (χ0n) is 10.8. The molecule has 1 aromatic carbocycles. The second kappa shape index (κ2) is 6.70. The van der Waals surface area contributed by atoms with Crippen molar-refractivity contribution in [2.45, 2.75) is 20.1 Å². The molecule has 1 aromatic heterocycles. The van der Waals surface area contributed by atoms with Crippen LogP contribution in [0.25, 0.3) is 0 Å². The van der Waals surface area contributed by atoms with Gasteiger partial charge in [-0.1, -0.05) is 0 Å². The highest BCUT2D eigenvalue weighted by Crippen LogP contribution is 2.23. The topological polar surface area (TPSA) is 67.3 Å². The number of aliphatic hydroxyl groups excluding tert-OH is 1. The molecule has 0 spiro atoms. The third-order valence-corrected chi connectivity index (χ3v) is 2.65. The first kappa shape index (κ1) is 13.3. The third-order valence-electron chi connectivity index (χ3n) is 2.65. The van der Waals surface area contributed by atoms with E-state index in [1.165, 1.54) is 6.33 Å². The first-order chi connectivity index (χ1) is 9.33. The number of ether oxygens (including phenoxy) is 1. The first-order valence-corrected chi connectivity index (χ1v) is 6.19. The fourth-order valence-electron chi connectivity index (χ4n) is 1.72. The molecule has 19 heavy (non-hydrogen) atoms. The molecule has 0 atom stereocenters. The molecule has 0 bridgehead atoms. The van der Waals surface area contributed by atoms with Gasteiger partial charge in [-0.15, -0.1) is 0 Å². The summed E-state index contributed by atoms with van der Waals surface area (Å²) in [6, 6.07) is 7.52. The Kier molecular flexibility index (Phi) is 4.69. The number of anilines is 1. The number of benzene rings is 1. The molecule has 100 valence electrons. The van der Waals surface area contributed by atoms with E-state index in [1.54, 1.807) is 6.20 Å². The van der Waals surface area contributed by atoms with Gasteiger partial charge in [0.25, 0.3) is 0 Å². The van der Waals surface area contributed by atoms with Gasteiger partial charge in [-0.3, -0.25) is 0 Å². The minimum absolute atomic E-state index is 0.0433. The monoisotopic (exact) mass is 259 g/mol. The van der Waals surface area contributed by atoms with Crippen LogP contribution < -0.4 is 10.1 Å². The molecule has 0 saturated heterocycles. The van der Waals surface area contributed by atoms with Crippen molar-refractivity contribution in [1.29, 1.82) is 0 Å². The Morgan fingerprint density at radius 1 is 1.32 bits per heavy atom. The predicted octanol–water partition coefficient (Wildman–Crippen LogP) is 1.98. The third kappa shape index (κ3) is 3.66. The molecule has 0 aliphatic carbocycles. The van der Waals surface area contributed by atoms with Crippen molar-refractivity contribution in [1.82, 2.24) is 9.97 Å². The van der Waals surface area contributed by atoms with Crippen molar-refractivity contribution in [2.75, 3.05) is 11.9 Å². The van der Waals surface area contributed by atoms with E-state index in [9.17, 15) is 5.11 Å². The van der Waals surface area contributed by atoms with Crippen LogP contribution in [0.3, 0.4) is 0 Å². The van der Waals surface area contributed by atoms with Crippen LogP contribution in [0.5, 0.6) is 5.75 Å². The summed E-state index contributed by atoms with van der Waals surface area (Å²) in [6.45, 7) is 3.07. The zero-order chi connectivity index (χ0) is 13.5. The van der Waals surface area contributed by atoms with Gasteiger partial charge in [0.2, 0.25) is 0 Å². The highest BCUT2D eigenvalue weighted by Gasteiger charge is 2.04. The van der Waals surface area contributed by atoms with E-state index in [-0.39, 0.29) is 6.61 Å². The zero-order valence-corrected chi connectivity index (χ0v) is 10.8. The molecule has 5 nitrogen and oxygen atoms in total. The van der Waals surface area contributed by atoms with Gasteiger partial charge < -0.3 is 15.2 Å². The molecule has 0 fully saturated rings. The van der Waals surface area contributed by atoms with Crippen molar-refractivity contribution >= 4 is 5.69 Å². The van der Waals surface area contributed by atoms with Crippen molar-refractivity contribution < 1.29 is 9.84 Å². The summed E-state index contributed by atoms with van der Waals surface area (Å²) in [5.74, 6) is 0.720. The smallest absolute Gasteiger partial charge is 0.124 e. The molecule has 0 saturated carbocycles. The Morgan fingerprint density at radius 2 is 2.21 bits per heavy atom. The summed E-state index contributed by atoms with van der Waals surface area (Å²) >= 11 is 0. The molecule has 5 heteroatoms. The van der Waals surface area contributed by atoms with Gasteiger partial charge in [-0.25, -0.2) is 9.97 Å². The molecular weight excluding hydrogens is 242 g/mol. The van der Waals surface area contributed by atoms with E-state index in [2.05, 4.69) is 15.3 Å². The number of hydrogen-bond acceptors (Lipinski definition) is 5. The Labute approximate surface area is 112 Å². The quantitative estimate of drug-likeness (QED) is 0.830. The molecule has 0 aliphatic rings. The maximum absolute atomic E-state index is 9.33. The van der Waals surface area contributed by atoms with Gasteiger partial charge in [0.15, 0.2) is 0 Å². The van der Waals surface area contributed by atoms with E-state index >= 15 is 0 Å². The van der Waals surface area contributed by atoms with Gasteiger partial charge in [-0.05, 0) is 31.2 Å². The summed E-state index contributed by atoms with van der Waals surface area (Å²) < 4.78 is 5.44. The van der Waals surface area contributed by atoms with Gasteiger partial charge in [-0.2, -0.15) is 0 Å². The lowest BCUT2D eigenvalue weighted by molar-refractivity contribution is 0.267. The second-order valence-corrected chi connectivity index (χ2v) is 3.97. The highest BCUT2D eigenvalue weighted by molar-refractivity contribution is 5.51. The van der Waals surface area contributed by atoms with Gasteiger partial charge in [0.05, 0.1) is 25.5 Å². The van der Waals surface area contributed by atoms with Crippen molar-refractivity contribution in [3.05, 3.63) is 48.0 Å². The van der Waals surface area contributed by atoms with Crippen LogP contribution in [0, 0.1) is 0 Å². The lowest BCUT2D eigenvalue weighted by atomic mass is 10.2. The molecule has 2 rings (SSSR count). The van der Waals surface area contributed by atoms with E-state index in [0.717, 1.165) is 22.7 Å². The van der Waals surface area contributed by atoms with E-state index in [0.29, 0.717) is 13.2 Å². The summed E-state index contributed by atoms with van der Waals surface area (Å²) in [5.41, 5.74) is 2.61. The number of nitrogens with one attached hydrogen (secondary N) is 1. The molecule has 1 heterocycles. The first-order valence-electron chi connectivity index (χ1n) is 6.19. The van der Waals surface area contributed by atoms with Crippen LogP contribution in [0.15, 0.2) is 36.8 Å². The summed E-state index contributed by atoms with van der Waals surface area (Å²) in [5, 5.41) is 12.6. The lowest BCUT2D eigenvalue weighted by Crippen LogP contribution is -2.03. The molecule has 2 N–H and O–H groups in total. The number of nitrogens with zero attached hydrogens (tertiary/aromatic N) is 2. The Balaban J connectivity index is 2.05. The normalized spacial score (nSPS) is 10.2. The Hall–Kier alpha value is -2.14. The van der Waals surface area contributed by atoms with E-state index in [4.69, 9.17) is 4.74 Å². The number of aromatic nitrogens is 2. The van der Waals surface area contributed by atoms with Crippen LogP contribution in [-0.2, 0) is 13.2 Å². The number of rotatable bonds is 6. The van der Waals surface area contributed by atoms with Gasteiger partial charge in [0, 0.05) is 17.4 Å². The molecule has 0 aliphatic heterocycles. The van der Waals surface area contributed by atoms with Crippen molar-refractivity contribution in [2.24, 2.45) is 0 Å². The van der Waals surface area contributed by atoms with Crippen molar-refractivity contribution in [3.63, 3.8) is 0 Å². The largest absolute Gasteiger partial charge is 0.494 e. The standard InChI is InChI=1S/C14H17N3O2/c1-2-19-14-4-3-12(7-11(14)9-18)16-8-13-5-6-15-10-17-13/h3-7,10,16,18H,2,8-9H2,1H3. The SMILES string of the molecule is CCOc1ccc(NCc2ccncn2)cc1CO. The lowest BCUT2D eigenvalue weighted by Gasteiger charge is -2.11. The minimum atomic E-state index is -0.0433. The van der Waals surface area contributed by atoms with Crippen LogP contribution in [-0.4, -0.2) is 21.7 Å². The molecule has 0 radical (unpaired) electrons. The predicted molar refractivity (Wildman–Crippen MR) is 72.9 cm³/mol. The minimum Gasteiger partial charge on any atom is -0.494 e. The van der Waals surface area contributed by atoms with Crippen LogP contribution in [0.2, 0.25) is 0 Å².